The van der Waals surface area contributed by atoms with Gasteiger partial charge in [0.1, 0.15) is 28.9 Å². The summed E-state index contributed by atoms with van der Waals surface area (Å²) < 4.78 is 54.3. The third kappa shape index (κ3) is 3.86. The Labute approximate surface area is 175 Å². The predicted octanol–water partition coefficient (Wildman–Crippen LogP) is 2.67. The molecular formula is C21H21F4N3O3. The van der Waals surface area contributed by atoms with Gasteiger partial charge in [-0.15, -0.1) is 0 Å². The van der Waals surface area contributed by atoms with E-state index in [-0.39, 0.29) is 41.8 Å². The van der Waals surface area contributed by atoms with Gasteiger partial charge in [0.15, 0.2) is 0 Å². The molecule has 10 heteroatoms. The van der Waals surface area contributed by atoms with E-state index in [2.05, 4.69) is 5.32 Å². The minimum atomic E-state index is -1.13. The zero-order valence-electron chi connectivity index (χ0n) is 16.5. The summed E-state index contributed by atoms with van der Waals surface area (Å²) in [5.41, 5.74) is -0.410. The van der Waals surface area contributed by atoms with Crippen LogP contribution in [0.2, 0.25) is 0 Å². The number of nitrogens with one attached hydrogen (secondary N) is 1. The van der Waals surface area contributed by atoms with Crippen LogP contribution in [0, 0.1) is 23.4 Å². The van der Waals surface area contributed by atoms with Crippen LogP contribution in [-0.2, 0) is 16.1 Å². The van der Waals surface area contributed by atoms with Crippen molar-refractivity contribution in [3.05, 3.63) is 58.4 Å². The van der Waals surface area contributed by atoms with Crippen LogP contribution in [0.4, 0.5) is 17.6 Å². The lowest BCUT2D eigenvalue weighted by atomic mass is 9.92. The average Bonchev–Trinajstić information content (AvgIpc) is 2.91. The molecule has 2 N–H and O–H groups in total. The van der Waals surface area contributed by atoms with Gasteiger partial charge in [0.25, 0.3) is 5.91 Å². The minimum Gasteiger partial charge on any atom is -0.510 e. The van der Waals surface area contributed by atoms with Crippen molar-refractivity contribution in [1.82, 2.24) is 15.1 Å². The zero-order valence-corrected chi connectivity index (χ0v) is 16.5. The molecule has 4 rings (SSSR count). The lowest BCUT2D eigenvalue weighted by Gasteiger charge is -2.44. The molecule has 2 saturated heterocycles. The highest BCUT2D eigenvalue weighted by molar-refractivity contribution is 5.98. The molecule has 31 heavy (non-hydrogen) atoms. The Kier molecular flexibility index (Phi) is 5.63. The summed E-state index contributed by atoms with van der Waals surface area (Å²) in [7, 11) is 0. The summed E-state index contributed by atoms with van der Waals surface area (Å²) in [6.07, 6.45) is 2.35. The quantitative estimate of drug-likeness (QED) is 0.708. The van der Waals surface area contributed by atoms with Crippen molar-refractivity contribution in [2.45, 2.75) is 31.8 Å². The van der Waals surface area contributed by atoms with E-state index in [4.69, 9.17) is 0 Å². The largest absolute Gasteiger partial charge is 0.510 e. The molecule has 1 aromatic carbocycles. The van der Waals surface area contributed by atoms with Crippen molar-refractivity contribution in [2.75, 3.05) is 19.8 Å². The highest BCUT2D eigenvalue weighted by Gasteiger charge is 2.44. The van der Waals surface area contributed by atoms with Crippen LogP contribution in [0.25, 0.3) is 0 Å². The molecule has 2 fully saturated rings. The van der Waals surface area contributed by atoms with Crippen molar-refractivity contribution in [1.29, 1.82) is 0 Å². The number of piperazine rings is 1. The Morgan fingerprint density at radius 1 is 1.23 bits per heavy atom. The molecule has 0 spiro atoms. The third-order valence-electron chi connectivity index (χ3n) is 6.01. The van der Waals surface area contributed by atoms with Gasteiger partial charge in [0.05, 0.1) is 12.7 Å². The molecular weight excluding hydrogens is 418 g/mol. The molecule has 2 amide bonds. The van der Waals surface area contributed by atoms with Gasteiger partial charge in [0, 0.05) is 61.4 Å². The molecule has 3 aliphatic heterocycles. The van der Waals surface area contributed by atoms with Crippen molar-refractivity contribution in [2.24, 2.45) is 5.92 Å². The van der Waals surface area contributed by atoms with Crippen LogP contribution in [0.3, 0.4) is 0 Å². The predicted molar refractivity (Wildman–Crippen MR) is 101 cm³/mol. The number of alkyl halides is 1. The van der Waals surface area contributed by atoms with Gasteiger partial charge in [0.2, 0.25) is 5.91 Å². The number of halogens is 4. The van der Waals surface area contributed by atoms with E-state index >= 15 is 0 Å². The van der Waals surface area contributed by atoms with E-state index in [1.807, 2.05) is 0 Å². The van der Waals surface area contributed by atoms with Gasteiger partial charge < -0.3 is 20.2 Å². The van der Waals surface area contributed by atoms with E-state index in [1.165, 1.54) is 11.1 Å². The molecule has 0 radical (unpaired) electrons. The Bertz CT molecular complexity index is 971. The number of carbonyl (C=O) groups excluding carboxylic acids is 2. The second-order valence-corrected chi connectivity index (χ2v) is 7.94. The summed E-state index contributed by atoms with van der Waals surface area (Å²) >= 11 is 0. The van der Waals surface area contributed by atoms with Crippen molar-refractivity contribution in [3.63, 3.8) is 0 Å². The molecule has 0 aliphatic carbocycles. The maximum Gasteiger partial charge on any atom is 0.274 e. The number of carbonyl (C=O) groups is 2. The second kappa shape index (κ2) is 8.24. The number of hydrogen-bond donors (Lipinski definition) is 2. The molecule has 166 valence electrons. The monoisotopic (exact) mass is 439 g/mol. The summed E-state index contributed by atoms with van der Waals surface area (Å²) in [5.74, 6) is -5.11. The van der Waals surface area contributed by atoms with Crippen molar-refractivity contribution < 1.29 is 32.3 Å². The lowest BCUT2D eigenvalue weighted by Crippen LogP contribution is -2.55. The van der Waals surface area contributed by atoms with E-state index < -0.39 is 48.2 Å². The van der Waals surface area contributed by atoms with E-state index in [1.54, 1.807) is 4.90 Å². The average molecular weight is 439 g/mol. The van der Waals surface area contributed by atoms with Crippen LogP contribution >= 0.6 is 0 Å². The number of benzene rings is 1. The number of aliphatic hydroxyl groups excluding tert-OH is 1. The van der Waals surface area contributed by atoms with Crippen LogP contribution < -0.4 is 5.32 Å². The van der Waals surface area contributed by atoms with E-state index in [0.29, 0.717) is 31.5 Å². The van der Waals surface area contributed by atoms with Gasteiger partial charge in [-0.2, -0.15) is 0 Å². The van der Waals surface area contributed by atoms with Crippen molar-refractivity contribution >= 4 is 11.8 Å². The number of allylic oxidation sites excluding steroid dienone is 1. The van der Waals surface area contributed by atoms with Crippen LogP contribution in [-0.4, -0.2) is 52.5 Å². The maximum atomic E-state index is 13.8. The molecule has 3 heterocycles. The Balaban J connectivity index is 1.57. The first-order chi connectivity index (χ1) is 14.8. The van der Waals surface area contributed by atoms with Crippen molar-refractivity contribution in [3.8, 4) is 0 Å². The van der Waals surface area contributed by atoms with Gasteiger partial charge in [-0.25, -0.2) is 13.2 Å². The number of amides is 2. The number of rotatable bonds is 4. The highest BCUT2D eigenvalue weighted by atomic mass is 19.1. The third-order valence-corrected chi connectivity index (χ3v) is 6.01. The Morgan fingerprint density at radius 2 is 1.94 bits per heavy atom. The van der Waals surface area contributed by atoms with Gasteiger partial charge in [-0.05, 0) is 12.8 Å². The van der Waals surface area contributed by atoms with E-state index in [9.17, 15) is 32.3 Å². The maximum absolute atomic E-state index is 13.8. The number of fused-ring (bicyclic) bond motifs is 4. The molecule has 6 nitrogen and oxygen atoms in total. The standard InChI is InChI=1S/C21H21F4N3O3/c22-7-11-2-1-3-27-10-17(11)28-9-12(4-18(29)19(28)21(27)31)20(30)26-8-14-15(24)5-13(23)6-16(14)25/h5-6,9,11,17,29H,1-4,7-8,10H2,(H,26,30)/t11-,17+/m0/s1. The molecule has 0 aromatic heterocycles. The Hall–Kier alpha value is -3.04. The SMILES string of the molecule is O=C(NCc1c(F)cc(F)cc1F)C1=CN2C(=C(O)C1)C(=O)N1CCC[C@@H](CF)[C@H]2C1. The van der Waals surface area contributed by atoms with E-state index in [0.717, 1.165) is 0 Å². The fraction of sp³-hybridized carbons (Fsp3) is 0.429. The molecule has 0 unspecified atom stereocenters. The summed E-state index contributed by atoms with van der Waals surface area (Å²) in [4.78, 5) is 28.4. The second-order valence-electron chi connectivity index (χ2n) is 7.94. The zero-order chi connectivity index (χ0) is 22.3. The number of hydrogen-bond acceptors (Lipinski definition) is 4. The molecule has 2 atom stereocenters. The minimum absolute atomic E-state index is 0.0313. The fourth-order valence-corrected chi connectivity index (χ4v) is 4.38. The van der Waals surface area contributed by atoms with Gasteiger partial charge in [-0.1, -0.05) is 0 Å². The smallest absolute Gasteiger partial charge is 0.274 e. The van der Waals surface area contributed by atoms with Crippen LogP contribution in [0.15, 0.2) is 35.4 Å². The number of nitrogens with zero attached hydrogens (tertiary/aromatic N) is 2. The molecule has 0 saturated carbocycles. The first-order valence-corrected chi connectivity index (χ1v) is 9.98. The Morgan fingerprint density at radius 3 is 2.61 bits per heavy atom. The summed E-state index contributed by atoms with van der Waals surface area (Å²) in [6, 6.07) is 0.594. The topological polar surface area (TPSA) is 72.9 Å². The first-order valence-electron chi connectivity index (χ1n) is 9.98. The molecule has 3 aliphatic rings. The fourth-order valence-electron chi connectivity index (χ4n) is 4.38. The summed E-state index contributed by atoms with van der Waals surface area (Å²) in [5, 5.41) is 12.9. The van der Waals surface area contributed by atoms with Gasteiger partial charge in [-0.3, -0.25) is 14.0 Å². The molecule has 2 bridgehead atoms. The normalized spacial score (nSPS) is 23.4. The number of aliphatic hydroxyl groups is 1. The van der Waals surface area contributed by atoms with Crippen LogP contribution in [0.5, 0.6) is 0 Å². The summed E-state index contributed by atoms with van der Waals surface area (Å²) in [6.45, 7) is -0.381. The van der Waals surface area contributed by atoms with Gasteiger partial charge >= 0.3 is 0 Å². The first kappa shape index (κ1) is 21.2. The van der Waals surface area contributed by atoms with Crippen LogP contribution in [0.1, 0.15) is 24.8 Å². The lowest BCUT2D eigenvalue weighted by molar-refractivity contribution is -0.133. The highest BCUT2D eigenvalue weighted by Crippen LogP contribution is 2.36. The molecule has 1 aromatic rings.